The third-order valence-corrected chi connectivity index (χ3v) is 2.42. The van der Waals surface area contributed by atoms with Crippen molar-refractivity contribution in [2.75, 3.05) is 23.9 Å². The lowest BCUT2D eigenvalue weighted by Gasteiger charge is -2.06. The van der Waals surface area contributed by atoms with Crippen LogP contribution in [-0.2, 0) is 0 Å². The first-order valence-electron chi connectivity index (χ1n) is 3.67. The number of nitrogens with one attached hydrogen (secondary N) is 2. The molecule has 1 atom stereocenters. The molecule has 0 bridgehead atoms. The first-order valence-corrected chi connectivity index (χ1v) is 4.95. The summed E-state index contributed by atoms with van der Waals surface area (Å²) in [6.07, 6.45) is 2.07. The van der Waals surface area contributed by atoms with Gasteiger partial charge in [0.2, 0.25) is 11.9 Å². The molecule has 0 radical (unpaired) electrons. The summed E-state index contributed by atoms with van der Waals surface area (Å²) in [6, 6.07) is 0. The molecule has 0 spiro atoms. The molecule has 0 saturated heterocycles. The number of rotatable bonds is 4. The van der Waals surface area contributed by atoms with Gasteiger partial charge in [0.25, 0.3) is 0 Å². The van der Waals surface area contributed by atoms with Gasteiger partial charge in [-0.3, -0.25) is 0 Å². The number of aromatic nitrogens is 3. The van der Waals surface area contributed by atoms with Crippen LogP contribution >= 0.6 is 11.8 Å². The average molecular weight is 187 g/mol. The van der Waals surface area contributed by atoms with Crippen LogP contribution in [0.4, 0.5) is 11.9 Å². The Labute approximate surface area is 75.5 Å². The van der Waals surface area contributed by atoms with Gasteiger partial charge >= 0.3 is 0 Å². The molecule has 0 aliphatic rings. The first kappa shape index (κ1) is 9.18. The summed E-state index contributed by atoms with van der Waals surface area (Å²) in [6.45, 7) is 2.98. The van der Waals surface area contributed by atoms with Gasteiger partial charge in [-0.15, -0.1) is 5.10 Å². The van der Waals surface area contributed by atoms with Crippen LogP contribution in [0.15, 0.2) is 0 Å². The smallest absolute Gasteiger partial charge is 0.243 e. The van der Waals surface area contributed by atoms with Crippen molar-refractivity contribution in [1.29, 1.82) is 0 Å². The minimum atomic E-state index is 0.342. The van der Waals surface area contributed by atoms with E-state index in [0.717, 1.165) is 6.54 Å². The second-order valence-corrected chi connectivity index (χ2v) is 3.75. The zero-order valence-electron chi connectivity index (χ0n) is 7.16. The number of nitrogens with two attached hydrogens (primary N) is 1. The van der Waals surface area contributed by atoms with Gasteiger partial charge in [-0.05, 0) is 6.26 Å². The Balaban J connectivity index is 2.33. The van der Waals surface area contributed by atoms with Crippen molar-refractivity contribution in [3.8, 4) is 0 Å². The number of anilines is 2. The van der Waals surface area contributed by atoms with Crippen molar-refractivity contribution >= 4 is 23.7 Å². The van der Waals surface area contributed by atoms with Gasteiger partial charge in [0.15, 0.2) is 0 Å². The Kier molecular flexibility index (Phi) is 3.21. The zero-order valence-corrected chi connectivity index (χ0v) is 7.98. The highest BCUT2D eigenvalue weighted by Crippen LogP contribution is 2.06. The lowest BCUT2D eigenvalue weighted by Crippen LogP contribution is -2.13. The van der Waals surface area contributed by atoms with E-state index in [9.17, 15) is 0 Å². The highest BCUT2D eigenvalue weighted by Gasteiger charge is 2.01. The van der Waals surface area contributed by atoms with E-state index in [1.807, 2.05) is 0 Å². The van der Waals surface area contributed by atoms with Gasteiger partial charge in [-0.25, -0.2) is 5.10 Å². The van der Waals surface area contributed by atoms with Crippen molar-refractivity contribution in [2.45, 2.75) is 12.2 Å². The summed E-state index contributed by atoms with van der Waals surface area (Å²) in [5.74, 6) is 0.905. The van der Waals surface area contributed by atoms with Crippen LogP contribution in [0.5, 0.6) is 0 Å². The lowest BCUT2D eigenvalue weighted by molar-refractivity contribution is 0.973. The largest absolute Gasteiger partial charge is 0.368 e. The fraction of sp³-hybridized carbons (Fsp3) is 0.667. The van der Waals surface area contributed by atoms with Crippen LogP contribution < -0.4 is 11.1 Å². The van der Waals surface area contributed by atoms with E-state index in [1.54, 1.807) is 11.8 Å². The maximum absolute atomic E-state index is 5.34. The summed E-state index contributed by atoms with van der Waals surface area (Å²) in [7, 11) is 0. The van der Waals surface area contributed by atoms with Crippen molar-refractivity contribution < 1.29 is 0 Å². The molecular formula is C6H13N5S. The Hall–Kier alpha value is -0.910. The molecule has 0 aliphatic heterocycles. The molecule has 1 heterocycles. The Morgan fingerprint density at radius 3 is 3.00 bits per heavy atom. The molecule has 4 N–H and O–H groups in total. The van der Waals surface area contributed by atoms with E-state index in [1.165, 1.54) is 0 Å². The van der Waals surface area contributed by atoms with Gasteiger partial charge in [0, 0.05) is 11.8 Å². The van der Waals surface area contributed by atoms with Crippen LogP contribution in [-0.4, -0.2) is 33.2 Å². The molecule has 1 rings (SSSR count). The fourth-order valence-electron chi connectivity index (χ4n) is 0.672. The van der Waals surface area contributed by atoms with Crippen molar-refractivity contribution in [2.24, 2.45) is 0 Å². The third kappa shape index (κ3) is 2.61. The molecule has 0 amide bonds. The van der Waals surface area contributed by atoms with E-state index >= 15 is 0 Å². The molecule has 0 fully saturated rings. The minimum Gasteiger partial charge on any atom is -0.368 e. The predicted molar refractivity (Wildman–Crippen MR) is 52.3 cm³/mol. The van der Waals surface area contributed by atoms with E-state index in [4.69, 9.17) is 5.73 Å². The van der Waals surface area contributed by atoms with Gasteiger partial charge in [0.1, 0.15) is 0 Å². The summed E-state index contributed by atoms with van der Waals surface area (Å²) in [5.41, 5.74) is 5.34. The number of nitrogen functional groups attached to an aromatic ring is 1. The SMILES string of the molecule is CSC(C)CNc1n[nH]c(N)n1. The molecule has 6 heteroatoms. The zero-order chi connectivity index (χ0) is 8.97. The molecule has 68 valence electrons. The fourth-order valence-corrected chi connectivity index (χ4v) is 0.922. The number of hydrogen-bond acceptors (Lipinski definition) is 5. The van der Waals surface area contributed by atoms with E-state index in [0.29, 0.717) is 17.1 Å². The van der Waals surface area contributed by atoms with Gasteiger partial charge in [-0.1, -0.05) is 6.92 Å². The van der Waals surface area contributed by atoms with Crippen molar-refractivity contribution in [3.05, 3.63) is 0 Å². The maximum atomic E-state index is 5.34. The topological polar surface area (TPSA) is 79.6 Å². The summed E-state index contributed by atoms with van der Waals surface area (Å²) in [4.78, 5) is 3.91. The van der Waals surface area contributed by atoms with E-state index in [2.05, 4.69) is 33.7 Å². The molecule has 1 unspecified atom stereocenters. The number of aromatic amines is 1. The lowest BCUT2D eigenvalue weighted by atomic mass is 10.5. The number of thioether (sulfide) groups is 1. The first-order chi connectivity index (χ1) is 5.72. The molecule has 1 aromatic rings. The molecular weight excluding hydrogens is 174 g/mol. The van der Waals surface area contributed by atoms with E-state index < -0.39 is 0 Å². The molecule has 12 heavy (non-hydrogen) atoms. The number of nitrogens with zero attached hydrogens (tertiary/aromatic N) is 2. The Bertz CT molecular complexity index is 236. The standard InChI is InChI=1S/C6H13N5S/c1-4(12-2)3-8-6-9-5(7)10-11-6/h4H,3H2,1-2H3,(H4,7,8,9,10,11). The molecule has 1 aromatic heterocycles. The normalized spacial score (nSPS) is 12.8. The predicted octanol–water partition coefficient (Wildman–Crippen LogP) is 0.550. The van der Waals surface area contributed by atoms with Crippen LogP contribution in [0.1, 0.15) is 6.92 Å². The minimum absolute atomic E-state index is 0.342. The number of hydrogen-bond donors (Lipinski definition) is 3. The molecule has 5 nitrogen and oxygen atoms in total. The second kappa shape index (κ2) is 4.20. The van der Waals surface area contributed by atoms with Gasteiger partial charge in [-0.2, -0.15) is 16.7 Å². The van der Waals surface area contributed by atoms with Crippen molar-refractivity contribution in [3.63, 3.8) is 0 Å². The van der Waals surface area contributed by atoms with Crippen LogP contribution in [0.3, 0.4) is 0 Å². The van der Waals surface area contributed by atoms with Crippen molar-refractivity contribution in [1.82, 2.24) is 15.2 Å². The molecule has 0 aromatic carbocycles. The van der Waals surface area contributed by atoms with Gasteiger partial charge < -0.3 is 11.1 Å². The Morgan fingerprint density at radius 1 is 1.75 bits per heavy atom. The summed E-state index contributed by atoms with van der Waals surface area (Å²) < 4.78 is 0. The summed E-state index contributed by atoms with van der Waals surface area (Å²) >= 11 is 1.79. The number of H-pyrrole nitrogens is 1. The quantitative estimate of drug-likeness (QED) is 0.641. The van der Waals surface area contributed by atoms with E-state index in [-0.39, 0.29) is 0 Å². The highest BCUT2D eigenvalue weighted by atomic mass is 32.2. The van der Waals surface area contributed by atoms with Crippen LogP contribution in [0, 0.1) is 0 Å². The maximum Gasteiger partial charge on any atom is 0.243 e. The molecule has 0 aliphatic carbocycles. The third-order valence-electron chi connectivity index (χ3n) is 1.45. The highest BCUT2D eigenvalue weighted by molar-refractivity contribution is 7.99. The van der Waals surface area contributed by atoms with Crippen LogP contribution in [0.25, 0.3) is 0 Å². The second-order valence-electron chi connectivity index (χ2n) is 2.47. The van der Waals surface area contributed by atoms with Gasteiger partial charge in [0.05, 0.1) is 0 Å². The Morgan fingerprint density at radius 2 is 2.50 bits per heavy atom. The van der Waals surface area contributed by atoms with Crippen LogP contribution in [0.2, 0.25) is 0 Å². The summed E-state index contributed by atoms with van der Waals surface area (Å²) in [5, 5.41) is 10.0. The monoisotopic (exact) mass is 187 g/mol. The molecule has 0 saturated carbocycles. The average Bonchev–Trinajstić information content (AvgIpc) is 2.47.